The SMILES string of the molecule is CNC(=O)CCC(C=O)N1Cc2ccc(N)cc2C1=O. The number of carbonyl (C=O) groups is 3. The Morgan fingerprint density at radius 2 is 2.30 bits per heavy atom. The third-order valence-corrected chi connectivity index (χ3v) is 3.47. The second kappa shape index (κ2) is 5.73. The normalized spacial score (nSPS) is 14.8. The highest BCUT2D eigenvalue weighted by Gasteiger charge is 2.32. The first kappa shape index (κ1) is 14.0. The minimum Gasteiger partial charge on any atom is -0.399 e. The fraction of sp³-hybridized carbons (Fsp3) is 0.357. The summed E-state index contributed by atoms with van der Waals surface area (Å²) in [6.45, 7) is 0.381. The van der Waals surface area contributed by atoms with E-state index in [0.717, 1.165) is 11.8 Å². The Hall–Kier alpha value is -2.37. The van der Waals surface area contributed by atoms with E-state index in [1.165, 1.54) is 11.9 Å². The number of rotatable bonds is 5. The van der Waals surface area contributed by atoms with Crippen LogP contribution >= 0.6 is 0 Å². The number of aldehydes is 1. The number of carbonyl (C=O) groups excluding carboxylic acids is 3. The summed E-state index contributed by atoms with van der Waals surface area (Å²) >= 11 is 0. The molecular formula is C14H17N3O3. The van der Waals surface area contributed by atoms with Gasteiger partial charge in [0.1, 0.15) is 6.29 Å². The van der Waals surface area contributed by atoms with E-state index >= 15 is 0 Å². The molecular weight excluding hydrogens is 258 g/mol. The molecule has 0 spiro atoms. The van der Waals surface area contributed by atoms with Gasteiger partial charge in [-0.05, 0) is 24.1 Å². The highest BCUT2D eigenvalue weighted by molar-refractivity contribution is 6.00. The fourth-order valence-electron chi connectivity index (χ4n) is 2.31. The minimum absolute atomic E-state index is 0.148. The maximum Gasteiger partial charge on any atom is 0.255 e. The molecule has 2 rings (SSSR count). The summed E-state index contributed by atoms with van der Waals surface area (Å²) in [6.07, 6.45) is 1.25. The van der Waals surface area contributed by atoms with Crippen LogP contribution in [0.3, 0.4) is 0 Å². The standard InChI is InChI=1S/C14H17N3O3/c1-16-13(19)5-4-11(8-18)17-7-9-2-3-10(15)6-12(9)14(17)20/h2-3,6,8,11H,4-5,7,15H2,1H3,(H,16,19). The Labute approximate surface area is 116 Å². The lowest BCUT2D eigenvalue weighted by Gasteiger charge is -2.22. The van der Waals surface area contributed by atoms with Gasteiger partial charge in [0.25, 0.3) is 5.91 Å². The number of nitrogen functional groups attached to an aromatic ring is 1. The second-order valence-corrected chi connectivity index (χ2v) is 4.76. The van der Waals surface area contributed by atoms with Gasteiger partial charge in [-0.2, -0.15) is 0 Å². The van der Waals surface area contributed by atoms with Crippen LogP contribution in [-0.2, 0) is 16.1 Å². The third-order valence-electron chi connectivity index (χ3n) is 3.47. The average Bonchev–Trinajstić information content (AvgIpc) is 2.77. The number of nitrogens with one attached hydrogen (secondary N) is 1. The van der Waals surface area contributed by atoms with Crippen molar-refractivity contribution in [1.82, 2.24) is 10.2 Å². The smallest absolute Gasteiger partial charge is 0.255 e. The van der Waals surface area contributed by atoms with Crippen LogP contribution in [0.4, 0.5) is 5.69 Å². The Balaban J connectivity index is 2.12. The van der Waals surface area contributed by atoms with E-state index in [1.807, 2.05) is 0 Å². The second-order valence-electron chi connectivity index (χ2n) is 4.76. The highest BCUT2D eigenvalue weighted by atomic mass is 16.2. The molecule has 1 unspecified atom stereocenters. The van der Waals surface area contributed by atoms with Gasteiger partial charge in [-0.25, -0.2) is 0 Å². The molecule has 0 aliphatic carbocycles. The summed E-state index contributed by atoms with van der Waals surface area (Å²) in [5.41, 5.74) is 7.59. The molecule has 0 fully saturated rings. The van der Waals surface area contributed by atoms with Crippen molar-refractivity contribution in [3.05, 3.63) is 29.3 Å². The maximum absolute atomic E-state index is 12.3. The lowest BCUT2D eigenvalue weighted by molar-refractivity contribution is -0.121. The Morgan fingerprint density at radius 1 is 1.55 bits per heavy atom. The number of amides is 2. The van der Waals surface area contributed by atoms with Crippen LogP contribution in [0.25, 0.3) is 0 Å². The van der Waals surface area contributed by atoms with Gasteiger partial charge in [0.05, 0.1) is 6.04 Å². The Kier molecular flexibility index (Phi) is 4.02. The van der Waals surface area contributed by atoms with E-state index in [9.17, 15) is 14.4 Å². The summed E-state index contributed by atoms with van der Waals surface area (Å²) in [4.78, 5) is 36.2. The van der Waals surface area contributed by atoms with E-state index in [-0.39, 0.29) is 18.2 Å². The van der Waals surface area contributed by atoms with Crippen LogP contribution in [0.15, 0.2) is 18.2 Å². The van der Waals surface area contributed by atoms with Gasteiger partial charge in [-0.3, -0.25) is 9.59 Å². The van der Waals surface area contributed by atoms with Gasteiger partial charge in [0.2, 0.25) is 5.91 Å². The van der Waals surface area contributed by atoms with Gasteiger partial charge in [0.15, 0.2) is 0 Å². The van der Waals surface area contributed by atoms with E-state index in [0.29, 0.717) is 24.2 Å². The molecule has 0 bridgehead atoms. The molecule has 1 aromatic rings. The van der Waals surface area contributed by atoms with Crippen molar-refractivity contribution in [3.8, 4) is 0 Å². The summed E-state index contributed by atoms with van der Waals surface area (Å²) in [7, 11) is 1.54. The molecule has 2 amide bonds. The molecule has 1 aromatic carbocycles. The Morgan fingerprint density at radius 3 is 2.95 bits per heavy atom. The quantitative estimate of drug-likeness (QED) is 0.598. The van der Waals surface area contributed by atoms with Gasteiger partial charge in [-0.15, -0.1) is 0 Å². The van der Waals surface area contributed by atoms with Gasteiger partial charge in [-0.1, -0.05) is 6.07 Å². The third kappa shape index (κ3) is 2.64. The predicted octanol–water partition coefficient (Wildman–Crippen LogP) is 0.318. The predicted molar refractivity (Wildman–Crippen MR) is 73.9 cm³/mol. The first-order valence-corrected chi connectivity index (χ1v) is 6.42. The van der Waals surface area contributed by atoms with Gasteiger partial charge in [0, 0.05) is 31.3 Å². The van der Waals surface area contributed by atoms with Crippen molar-refractivity contribution in [2.24, 2.45) is 0 Å². The average molecular weight is 275 g/mol. The monoisotopic (exact) mass is 275 g/mol. The molecule has 0 radical (unpaired) electrons. The molecule has 6 nitrogen and oxygen atoms in total. The van der Waals surface area contributed by atoms with E-state index in [1.54, 1.807) is 18.2 Å². The zero-order chi connectivity index (χ0) is 14.7. The van der Waals surface area contributed by atoms with E-state index < -0.39 is 6.04 Å². The van der Waals surface area contributed by atoms with Crippen LogP contribution in [0.5, 0.6) is 0 Å². The fourth-order valence-corrected chi connectivity index (χ4v) is 2.31. The molecule has 0 saturated heterocycles. The number of hydrogen-bond acceptors (Lipinski definition) is 4. The van der Waals surface area contributed by atoms with Crippen molar-refractivity contribution in [1.29, 1.82) is 0 Å². The zero-order valence-electron chi connectivity index (χ0n) is 11.3. The largest absolute Gasteiger partial charge is 0.399 e. The summed E-state index contributed by atoms with van der Waals surface area (Å²) < 4.78 is 0. The highest BCUT2D eigenvalue weighted by Crippen LogP contribution is 2.27. The number of benzene rings is 1. The van der Waals surface area contributed by atoms with Crippen molar-refractivity contribution in [2.75, 3.05) is 12.8 Å². The van der Waals surface area contributed by atoms with Crippen LogP contribution in [0, 0.1) is 0 Å². The van der Waals surface area contributed by atoms with E-state index in [4.69, 9.17) is 5.73 Å². The number of nitrogens with zero attached hydrogens (tertiary/aromatic N) is 1. The first-order chi connectivity index (χ1) is 9.56. The van der Waals surface area contributed by atoms with Crippen LogP contribution in [-0.4, -0.2) is 36.1 Å². The number of anilines is 1. The molecule has 106 valence electrons. The van der Waals surface area contributed by atoms with Gasteiger partial charge < -0.3 is 20.7 Å². The molecule has 6 heteroatoms. The van der Waals surface area contributed by atoms with Crippen molar-refractivity contribution in [3.63, 3.8) is 0 Å². The van der Waals surface area contributed by atoms with Crippen LogP contribution in [0.1, 0.15) is 28.8 Å². The van der Waals surface area contributed by atoms with Gasteiger partial charge >= 0.3 is 0 Å². The van der Waals surface area contributed by atoms with E-state index in [2.05, 4.69) is 5.32 Å². The molecule has 3 N–H and O–H groups in total. The molecule has 1 heterocycles. The van der Waals surface area contributed by atoms with Crippen molar-refractivity contribution in [2.45, 2.75) is 25.4 Å². The number of nitrogens with two attached hydrogens (primary N) is 1. The van der Waals surface area contributed by atoms with Crippen LogP contribution in [0.2, 0.25) is 0 Å². The Bertz CT molecular complexity index is 557. The zero-order valence-corrected chi connectivity index (χ0v) is 11.3. The molecule has 20 heavy (non-hydrogen) atoms. The molecule has 1 aliphatic rings. The van der Waals surface area contributed by atoms with Crippen molar-refractivity contribution >= 4 is 23.8 Å². The lowest BCUT2D eigenvalue weighted by Crippen LogP contribution is -2.37. The molecule has 1 aliphatic heterocycles. The minimum atomic E-state index is -0.589. The van der Waals surface area contributed by atoms with Crippen molar-refractivity contribution < 1.29 is 14.4 Å². The summed E-state index contributed by atoms with van der Waals surface area (Å²) in [5.74, 6) is -0.355. The molecule has 1 atom stereocenters. The number of hydrogen-bond donors (Lipinski definition) is 2. The summed E-state index contributed by atoms with van der Waals surface area (Å²) in [6, 6.07) is 4.56. The molecule has 0 aromatic heterocycles. The van der Waals surface area contributed by atoms with Crippen LogP contribution < -0.4 is 11.1 Å². The summed E-state index contributed by atoms with van der Waals surface area (Å²) in [5, 5.41) is 2.50. The molecule has 0 saturated carbocycles. The topological polar surface area (TPSA) is 92.5 Å². The first-order valence-electron chi connectivity index (χ1n) is 6.42. The maximum atomic E-state index is 12.3. The lowest BCUT2D eigenvalue weighted by atomic mass is 10.1. The number of fused-ring (bicyclic) bond motifs is 1.